The summed E-state index contributed by atoms with van der Waals surface area (Å²) in [5.74, 6) is -0.844. The summed E-state index contributed by atoms with van der Waals surface area (Å²) in [5.41, 5.74) is -0.323. The molecule has 0 spiro atoms. The number of halogens is 2. The standard InChI is InChI=1S/C14H15F2N3O2S/c1-14(2,3)19-10-4-7(11(15)16)8(5-17-10)9-6-18-12(22-9)13(20)21/h4-6,11H,1-3H3,(H,17,19)(H,20,21). The van der Waals surface area contributed by atoms with E-state index in [2.05, 4.69) is 15.3 Å². The lowest BCUT2D eigenvalue weighted by Gasteiger charge is -2.22. The summed E-state index contributed by atoms with van der Waals surface area (Å²) < 4.78 is 26.6. The Hall–Kier alpha value is -2.09. The average molecular weight is 327 g/mol. The number of pyridine rings is 1. The third-order valence-electron chi connectivity index (χ3n) is 2.63. The van der Waals surface area contributed by atoms with Crippen LogP contribution in [0.4, 0.5) is 14.6 Å². The summed E-state index contributed by atoms with van der Waals surface area (Å²) in [6.07, 6.45) is -0.114. The molecular formula is C14H15F2N3O2S. The second-order valence-electron chi connectivity index (χ2n) is 5.67. The van der Waals surface area contributed by atoms with Crippen molar-refractivity contribution in [1.29, 1.82) is 0 Å². The maximum Gasteiger partial charge on any atom is 0.365 e. The van der Waals surface area contributed by atoms with E-state index in [9.17, 15) is 13.6 Å². The molecule has 22 heavy (non-hydrogen) atoms. The van der Waals surface area contributed by atoms with Gasteiger partial charge < -0.3 is 10.4 Å². The zero-order valence-electron chi connectivity index (χ0n) is 12.2. The number of hydrogen-bond acceptors (Lipinski definition) is 5. The van der Waals surface area contributed by atoms with Crippen LogP contribution in [0.1, 0.15) is 42.6 Å². The van der Waals surface area contributed by atoms with Crippen LogP contribution in [0.2, 0.25) is 0 Å². The van der Waals surface area contributed by atoms with Gasteiger partial charge in [-0.3, -0.25) is 0 Å². The SMILES string of the molecule is CC(C)(C)Nc1cc(C(F)F)c(-c2cnc(C(=O)O)s2)cn1. The molecule has 0 saturated heterocycles. The van der Waals surface area contributed by atoms with E-state index < -0.39 is 12.4 Å². The maximum atomic E-state index is 13.3. The van der Waals surface area contributed by atoms with Gasteiger partial charge in [0.05, 0.1) is 4.88 Å². The number of hydrogen-bond donors (Lipinski definition) is 2. The van der Waals surface area contributed by atoms with Crippen molar-refractivity contribution in [3.8, 4) is 10.4 Å². The number of nitrogens with zero attached hydrogens (tertiary/aromatic N) is 2. The number of carbonyl (C=O) groups is 1. The zero-order chi connectivity index (χ0) is 16.5. The molecule has 2 aromatic heterocycles. The fraction of sp³-hybridized carbons (Fsp3) is 0.357. The lowest BCUT2D eigenvalue weighted by Crippen LogP contribution is -2.26. The number of alkyl halides is 2. The highest BCUT2D eigenvalue weighted by molar-refractivity contribution is 7.16. The smallest absolute Gasteiger partial charge is 0.365 e. The van der Waals surface area contributed by atoms with Gasteiger partial charge >= 0.3 is 5.97 Å². The number of aromatic carboxylic acids is 1. The van der Waals surface area contributed by atoms with Crippen molar-refractivity contribution >= 4 is 23.1 Å². The molecule has 2 heterocycles. The Labute approximate surface area is 130 Å². The van der Waals surface area contributed by atoms with Gasteiger partial charge in [0.15, 0.2) is 0 Å². The van der Waals surface area contributed by atoms with Crippen molar-refractivity contribution in [1.82, 2.24) is 9.97 Å². The van der Waals surface area contributed by atoms with Gasteiger partial charge in [-0.1, -0.05) is 0 Å². The Balaban J connectivity index is 2.44. The molecule has 0 amide bonds. The van der Waals surface area contributed by atoms with E-state index in [0.29, 0.717) is 10.7 Å². The first-order chi connectivity index (χ1) is 10.2. The Bertz CT molecular complexity index is 696. The van der Waals surface area contributed by atoms with Crippen molar-refractivity contribution < 1.29 is 18.7 Å². The molecule has 0 unspecified atom stereocenters. The van der Waals surface area contributed by atoms with E-state index in [-0.39, 0.29) is 21.7 Å². The molecular weight excluding hydrogens is 312 g/mol. The van der Waals surface area contributed by atoms with E-state index in [4.69, 9.17) is 5.11 Å². The molecule has 0 aliphatic carbocycles. The largest absolute Gasteiger partial charge is 0.476 e. The van der Waals surface area contributed by atoms with Crippen LogP contribution in [0, 0.1) is 0 Å². The number of aromatic nitrogens is 2. The lowest BCUT2D eigenvalue weighted by molar-refractivity contribution is 0.0696. The van der Waals surface area contributed by atoms with Crippen molar-refractivity contribution in [2.75, 3.05) is 5.32 Å². The van der Waals surface area contributed by atoms with E-state index >= 15 is 0 Å². The third kappa shape index (κ3) is 3.76. The first-order valence-electron chi connectivity index (χ1n) is 6.43. The van der Waals surface area contributed by atoms with Gasteiger partial charge in [0.25, 0.3) is 6.43 Å². The van der Waals surface area contributed by atoms with Crippen LogP contribution in [0.25, 0.3) is 10.4 Å². The molecule has 0 fully saturated rings. The van der Waals surface area contributed by atoms with Crippen LogP contribution in [0.5, 0.6) is 0 Å². The fourth-order valence-electron chi connectivity index (χ4n) is 1.81. The number of thiazole rings is 1. The van der Waals surface area contributed by atoms with Crippen molar-refractivity contribution in [3.05, 3.63) is 29.0 Å². The topological polar surface area (TPSA) is 75.1 Å². The zero-order valence-corrected chi connectivity index (χ0v) is 13.0. The first kappa shape index (κ1) is 16.3. The third-order valence-corrected chi connectivity index (χ3v) is 3.65. The molecule has 0 atom stereocenters. The average Bonchev–Trinajstić information content (AvgIpc) is 2.86. The van der Waals surface area contributed by atoms with Crippen LogP contribution >= 0.6 is 11.3 Å². The number of carboxylic acids is 1. The molecule has 2 aromatic rings. The molecule has 0 aromatic carbocycles. The van der Waals surface area contributed by atoms with Crippen LogP contribution in [0.3, 0.4) is 0 Å². The Kier molecular flexibility index (Phi) is 4.41. The van der Waals surface area contributed by atoms with Crippen LogP contribution in [-0.2, 0) is 0 Å². The molecule has 0 aliphatic rings. The first-order valence-corrected chi connectivity index (χ1v) is 7.25. The van der Waals surface area contributed by atoms with Crippen LogP contribution in [-0.4, -0.2) is 26.6 Å². The molecule has 2 N–H and O–H groups in total. The van der Waals surface area contributed by atoms with Gasteiger partial charge in [-0.15, -0.1) is 11.3 Å². The number of anilines is 1. The highest BCUT2D eigenvalue weighted by Gasteiger charge is 2.20. The molecule has 5 nitrogen and oxygen atoms in total. The van der Waals surface area contributed by atoms with Crippen molar-refractivity contribution in [3.63, 3.8) is 0 Å². The number of nitrogens with one attached hydrogen (secondary N) is 1. The van der Waals surface area contributed by atoms with E-state index in [0.717, 1.165) is 11.3 Å². The van der Waals surface area contributed by atoms with Gasteiger partial charge in [0.1, 0.15) is 5.82 Å². The number of rotatable bonds is 4. The molecule has 0 aliphatic heterocycles. The highest BCUT2D eigenvalue weighted by atomic mass is 32.1. The molecule has 0 saturated carbocycles. The minimum atomic E-state index is -2.70. The lowest BCUT2D eigenvalue weighted by atomic mass is 10.1. The summed E-state index contributed by atoms with van der Waals surface area (Å²) in [6.45, 7) is 5.69. The predicted molar refractivity (Wildman–Crippen MR) is 80.6 cm³/mol. The predicted octanol–water partition coefficient (Wildman–Crippen LogP) is 4.05. The summed E-state index contributed by atoms with van der Waals surface area (Å²) in [4.78, 5) is 19.0. The Morgan fingerprint density at radius 3 is 2.50 bits per heavy atom. The Morgan fingerprint density at radius 2 is 2.00 bits per heavy atom. The van der Waals surface area contributed by atoms with Gasteiger partial charge in [-0.05, 0) is 26.8 Å². The van der Waals surface area contributed by atoms with E-state index in [1.807, 2.05) is 20.8 Å². The van der Waals surface area contributed by atoms with Gasteiger partial charge in [-0.2, -0.15) is 0 Å². The Morgan fingerprint density at radius 1 is 1.32 bits per heavy atom. The normalized spacial score (nSPS) is 11.7. The minimum Gasteiger partial charge on any atom is -0.476 e. The summed E-state index contributed by atoms with van der Waals surface area (Å²) in [7, 11) is 0. The summed E-state index contributed by atoms with van der Waals surface area (Å²) >= 11 is 0.840. The van der Waals surface area contributed by atoms with Crippen LogP contribution in [0.15, 0.2) is 18.5 Å². The van der Waals surface area contributed by atoms with Crippen LogP contribution < -0.4 is 5.32 Å². The summed E-state index contributed by atoms with van der Waals surface area (Å²) in [5, 5.41) is 11.8. The maximum absolute atomic E-state index is 13.3. The second-order valence-corrected chi connectivity index (χ2v) is 6.70. The van der Waals surface area contributed by atoms with Gasteiger partial charge in [0, 0.05) is 29.1 Å². The molecule has 118 valence electrons. The minimum absolute atomic E-state index is 0.146. The molecule has 8 heteroatoms. The van der Waals surface area contributed by atoms with Gasteiger partial charge in [0.2, 0.25) is 5.01 Å². The fourth-order valence-corrected chi connectivity index (χ4v) is 2.59. The van der Waals surface area contributed by atoms with Crippen molar-refractivity contribution in [2.24, 2.45) is 0 Å². The quantitative estimate of drug-likeness (QED) is 0.886. The second kappa shape index (κ2) is 5.96. The molecule has 0 bridgehead atoms. The molecule has 2 rings (SSSR count). The number of carboxylic acid groups (broad SMARTS) is 1. The summed E-state index contributed by atoms with van der Waals surface area (Å²) in [6, 6.07) is 1.28. The van der Waals surface area contributed by atoms with E-state index in [1.54, 1.807) is 0 Å². The van der Waals surface area contributed by atoms with Gasteiger partial charge in [-0.25, -0.2) is 23.5 Å². The highest BCUT2D eigenvalue weighted by Crippen LogP contribution is 2.35. The van der Waals surface area contributed by atoms with E-state index in [1.165, 1.54) is 18.5 Å². The monoisotopic (exact) mass is 327 g/mol. The van der Waals surface area contributed by atoms with Crippen molar-refractivity contribution in [2.45, 2.75) is 32.7 Å². The molecule has 0 radical (unpaired) electrons.